The van der Waals surface area contributed by atoms with E-state index in [2.05, 4.69) is 0 Å². The first-order valence-corrected chi connectivity index (χ1v) is 4.78. The van der Waals surface area contributed by atoms with Crippen LogP contribution in [0.15, 0.2) is 0 Å². The minimum absolute atomic E-state index is 0.363. The van der Waals surface area contributed by atoms with E-state index < -0.39 is 0 Å². The minimum Gasteiger partial charge on any atom is -0.379 e. The third kappa shape index (κ3) is 3.52. The van der Waals surface area contributed by atoms with Gasteiger partial charge in [0.25, 0.3) is 0 Å². The molecule has 0 spiro atoms. The lowest BCUT2D eigenvalue weighted by Gasteiger charge is -2.10. The Morgan fingerprint density at radius 1 is 1.33 bits per heavy atom. The van der Waals surface area contributed by atoms with Crippen molar-refractivity contribution in [3.05, 3.63) is 0 Å². The van der Waals surface area contributed by atoms with Crippen LogP contribution >= 0.6 is 0 Å². The fourth-order valence-electron chi connectivity index (χ4n) is 1.54. The van der Waals surface area contributed by atoms with Gasteiger partial charge < -0.3 is 15.2 Å². The van der Waals surface area contributed by atoms with E-state index in [1.54, 1.807) is 0 Å². The van der Waals surface area contributed by atoms with Gasteiger partial charge in [-0.25, -0.2) is 0 Å². The highest BCUT2D eigenvalue weighted by atomic mass is 16.5. The second-order valence-corrected chi connectivity index (χ2v) is 3.26. The maximum Gasteiger partial charge on any atom is 0.0704 e. The molecule has 0 radical (unpaired) electrons. The highest BCUT2D eigenvalue weighted by Gasteiger charge is 2.21. The molecule has 0 amide bonds. The second kappa shape index (κ2) is 5.51. The first-order chi connectivity index (χ1) is 5.83. The van der Waals surface area contributed by atoms with Gasteiger partial charge in [0.15, 0.2) is 0 Å². The third-order valence-electron chi connectivity index (χ3n) is 2.21. The van der Waals surface area contributed by atoms with Gasteiger partial charge in [-0.2, -0.15) is 0 Å². The van der Waals surface area contributed by atoms with Gasteiger partial charge >= 0.3 is 0 Å². The molecule has 0 aromatic carbocycles. The van der Waals surface area contributed by atoms with Crippen molar-refractivity contribution < 1.29 is 9.47 Å². The number of hydrogen-bond donors (Lipinski definition) is 1. The number of ether oxygens (including phenoxy) is 2. The highest BCUT2D eigenvalue weighted by molar-refractivity contribution is 4.77. The van der Waals surface area contributed by atoms with Crippen LogP contribution in [0.3, 0.4) is 0 Å². The van der Waals surface area contributed by atoms with E-state index in [-0.39, 0.29) is 0 Å². The van der Waals surface area contributed by atoms with E-state index in [9.17, 15) is 0 Å². The summed E-state index contributed by atoms with van der Waals surface area (Å²) >= 11 is 0. The van der Waals surface area contributed by atoms with Crippen LogP contribution in [0.4, 0.5) is 0 Å². The largest absolute Gasteiger partial charge is 0.379 e. The molecule has 2 N–H and O–H groups in total. The lowest BCUT2D eigenvalue weighted by molar-refractivity contribution is 0.0103. The topological polar surface area (TPSA) is 44.5 Å². The molecule has 1 fully saturated rings. The fraction of sp³-hybridized carbons (Fsp3) is 1.00. The number of hydrogen-bond acceptors (Lipinski definition) is 3. The van der Waals surface area contributed by atoms with Crippen molar-refractivity contribution in [3.63, 3.8) is 0 Å². The summed E-state index contributed by atoms with van der Waals surface area (Å²) in [6.07, 6.45) is 3.64. The molecule has 0 aliphatic heterocycles. The molecule has 2 unspecified atom stereocenters. The predicted octanol–water partition coefficient (Wildman–Crippen LogP) is 0.919. The lowest BCUT2D eigenvalue weighted by Crippen LogP contribution is -2.18. The maximum absolute atomic E-state index is 5.74. The van der Waals surface area contributed by atoms with Crippen LogP contribution < -0.4 is 5.73 Å². The van der Waals surface area contributed by atoms with Crippen molar-refractivity contribution in [2.75, 3.05) is 19.8 Å². The molecule has 0 aromatic heterocycles. The van der Waals surface area contributed by atoms with Crippen LogP contribution in [0, 0.1) is 0 Å². The summed E-state index contributed by atoms with van der Waals surface area (Å²) in [5.41, 5.74) is 5.74. The van der Waals surface area contributed by atoms with Gasteiger partial charge in [0, 0.05) is 12.6 Å². The maximum atomic E-state index is 5.74. The molecule has 0 saturated heterocycles. The molecule has 1 rings (SSSR count). The molecular formula is C9H19NO2. The molecule has 1 aliphatic carbocycles. The van der Waals surface area contributed by atoms with Crippen molar-refractivity contribution in [3.8, 4) is 0 Å². The summed E-state index contributed by atoms with van der Waals surface area (Å²) < 4.78 is 10.7. The van der Waals surface area contributed by atoms with Gasteiger partial charge in [-0.1, -0.05) is 0 Å². The van der Waals surface area contributed by atoms with Crippen LogP contribution in [0.5, 0.6) is 0 Å². The Balaban J connectivity index is 1.93. The summed E-state index contributed by atoms with van der Waals surface area (Å²) in [5, 5.41) is 0. The average molecular weight is 173 g/mol. The monoisotopic (exact) mass is 173 g/mol. The van der Waals surface area contributed by atoms with Crippen LogP contribution in [0.2, 0.25) is 0 Å². The molecule has 1 saturated carbocycles. The van der Waals surface area contributed by atoms with E-state index in [1.807, 2.05) is 6.92 Å². The summed E-state index contributed by atoms with van der Waals surface area (Å²) in [5.74, 6) is 0. The molecular weight excluding hydrogens is 154 g/mol. The fourth-order valence-corrected chi connectivity index (χ4v) is 1.54. The number of rotatable bonds is 5. The van der Waals surface area contributed by atoms with Crippen molar-refractivity contribution >= 4 is 0 Å². The van der Waals surface area contributed by atoms with Crippen LogP contribution in [0.1, 0.15) is 26.2 Å². The van der Waals surface area contributed by atoms with Crippen LogP contribution in [0.25, 0.3) is 0 Å². The van der Waals surface area contributed by atoms with Crippen LogP contribution in [-0.4, -0.2) is 32.0 Å². The molecule has 3 nitrogen and oxygen atoms in total. The van der Waals surface area contributed by atoms with Crippen molar-refractivity contribution in [1.82, 2.24) is 0 Å². The quantitative estimate of drug-likeness (QED) is 0.629. The van der Waals surface area contributed by atoms with Crippen molar-refractivity contribution in [1.29, 1.82) is 0 Å². The van der Waals surface area contributed by atoms with E-state index in [0.29, 0.717) is 25.4 Å². The Bertz CT molecular complexity index is 119. The van der Waals surface area contributed by atoms with E-state index in [4.69, 9.17) is 15.2 Å². The summed E-state index contributed by atoms with van der Waals surface area (Å²) in [6.45, 7) is 4.19. The molecule has 0 heterocycles. The third-order valence-corrected chi connectivity index (χ3v) is 2.21. The first-order valence-electron chi connectivity index (χ1n) is 4.78. The Labute approximate surface area is 74.2 Å². The molecule has 1 aliphatic rings. The highest BCUT2D eigenvalue weighted by Crippen LogP contribution is 2.19. The molecule has 0 bridgehead atoms. The Hall–Kier alpha value is -0.120. The minimum atomic E-state index is 0.363. The Kier molecular flexibility index (Phi) is 4.58. The lowest BCUT2D eigenvalue weighted by atomic mass is 10.3. The van der Waals surface area contributed by atoms with Gasteiger partial charge in [-0.05, 0) is 26.2 Å². The van der Waals surface area contributed by atoms with E-state index in [0.717, 1.165) is 25.9 Å². The average Bonchev–Trinajstić information content (AvgIpc) is 2.45. The summed E-state index contributed by atoms with van der Waals surface area (Å²) in [6, 6.07) is 0.363. The second-order valence-electron chi connectivity index (χ2n) is 3.26. The van der Waals surface area contributed by atoms with Gasteiger partial charge in [0.2, 0.25) is 0 Å². The van der Waals surface area contributed by atoms with E-state index >= 15 is 0 Å². The first kappa shape index (κ1) is 9.96. The Morgan fingerprint density at radius 3 is 2.75 bits per heavy atom. The SMILES string of the molecule is CCOCCOC1CCC(N)C1. The van der Waals surface area contributed by atoms with E-state index in [1.165, 1.54) is 0 Å². The van der Waals surface area contributed by atoms with Gasteiger partial charge in [0.05, 0.1) is 19.3 Å². The van der Waals surface area contributed by atoms with Crippen molar-refractivity contribution in [2.24, 2.45) is 5.73 Å². The predicted molar refractivity (Wildman–Crippen MR) is 48.1 cm³/mol. The number of nitrogens with two attached hydrogens (primary N) is 1. The normalized spacial score (nSPS) is 29.5. The Morgan fingerprint density at radius 2 is 2.17 bits per heavy atom. The standard InChI is InChI=1S/C9H19NO2/c1-2-11-5-6-12-9-4-3-8(10)7-9/h8-9H,2-7,10H2,1H3. The summed E-state index contributed by atoms with van der Waals surface area (Å²) in [4.78, 5) is 0. The van der Waals surface area contributed by atoms with Gasteiger partial charge in [-0.15, -0.1) is 0 Å². The molecule has 72 valence electrons. The summed E-state index contributed by atoms with van der Waals surface area (Å²) in [7, 11) is 0. The zero-order chi connectivity index (χ0) is 8.81. The zero-order valence-electron chi connectivity index (χ0n) is 7.79. The zero-order valence-corrected chi connectivity index (χ0v) is 7.79. The van der Waals surface area contributed by atoms with Crippen LogP contribution in [-0.2, 0) is 9.47 Å². The molecule has 0 aromatic rings. The van der Waals surface area contributed by atoms with Crippen molar-refractivity contribution in [2.45, 2.75) is 38.3 Å². The molecule has 3 heteroatoms. The molecule has 12 heavy (non-hydrogen) atoms. The molecule has 2 atom stereocenters. The van der Waals surface area contributed by atoms with Gasteiger partial charge in [0.1, 0.15) is 0 Å². The van der Waals surface area contributed by atoms with Gasteiger partial charge in [-0.3, -0.25) is 0 Å². The smallest absolute Gasteiger partial charge is 0.0704 e.